The Morgan fingerprint density at radius 3 is 2.15 bits per heavy atom. The van der Waals surface area contributed by atoms with E-state index in [-0.39, 0.29) is 11.5 Å². The zero-order chi connectivity index (χ0) is 24.9. The quantitative estimate of drug-likeness (QED) is 0.341. The fourth-order valence-electron chi connectivity index (χ4n) is 2.90. The molecule has 0 aliphatic carbocycles. The average molecular weight is 469 g/mol. The first-order valence-corrected chi connectivity index (χ1v) is 12.4. The van der Waals surface area contributed by atoms with Crippen molar-refractivity contribution >= 4 is 23.5 Å². The summed E-state index contributed by atoms with van der Waals surface area (Å²) >= 11 is 1.55. The lowest BCUT2D eigenvalue weighted by atomic mass is 9.87. The Balaban J connectivity index is 0.00000129. The summed E-state index contributed by atoms with van der Waals surface area (Å²) < 4.78 is 8.85. The molecule has 0 aliphatic rings. The second kappa shape index (κ2) is 14.4. The molecule has 0 saturated carbocycles. The molecule has 3 rings (SSSR count). The zero-order valence-electron chi connectivity index (χ0n) is 21.6. The van der Waals surface area contributed by atoms with E-state index in [9.17, 15) is 0 Å². The van der Waals surface area contributed by atoms with Crippen LogP contribution in [0.3, 0.4) is 0 Å². The lowest BCUT2D eigenvalue weighted by Gasteiger charge is -2.19. The van der Waals surface area contributed by atoms with Crippen LogP contribution in [0.2, 0.25) is 0 Å². The maximum Gasteiger partial charge on any atom is 0.142 e. The Labute approximate surface area is 204 Å². The van der Waals surface area contributed by atoms with Gasteiger partial charge in [-0.2, -0.15) is 0 Å². The summed E-state index contributed by atoms with van der Waals surface area (Å²) in [5.74, 6) is 1.53. The summed E-state index contributed by atoms with van der Waals surface area (Å²) in [5, 5.41) is 3.41. The minimum Gasteiger partial charge on any atom is -0.495 e. The van der Waals surface area contributed by atoms with Crippen LogP contribution >= 0.6 is 11.9 Å². The molecule has 3 aromatic rings. The minimum atomic E-state index is -0.0352. The third-order valence-electron chi connectivity index (χ3n) is 4.55. The zero-order valence-corrected chi connectivity index (χ0v) is 22.4. The Kier molecular flexibility index (Phi) is 12.4. The van der Waals surface area contributed by atoms with E-state index in [0.29, 0.717) is 0 Å². The van der Waals surface area contributed by atoms with Crippen LogP contribution in [0.25, 0.3) is 0 Å². The standard InChI is InChI=1S/C23H28N4OS.2C2H6/c1-16(25-18-7-6-14-24-15-18)22-20(28-5)12-13-21(26-22)27-29-19-10-8-17(9-11-19)23(2,3)4;2*1-2/h6-16,25H,1-5H3,(H,26,27);2*1-2H3. The molecule has 5 nitrogen and oxygen atoms in total. The highest BCUT2D eigenvalue weighted by molar-refractivity contribution is 8.00. The van der Waals surface area contributed by atoms with Gasteiger partial charge in [0, 0.05) is 17.3 Å². The molecule has 2 aromatic heterocycles. The molecule has 0 radical (unpaired) electrons. The van der Waals surface area contributed by atoms with Crippen LogP contribution in [0.5, 0.6) is 5.75 Å². The highest BCUT2D eigenvalue weighted by Crippen LogP contribution is 2.30. The molecule has 2 heterocycles. The molecule has 1 unspecified atom stereocenters. The van der Waals surface area contributed by atoms with Crippen molar-refractivity contribution in [2.24, 2.45) is 0 Å². The van der Waals surface area contributed by atoms with Crippen molar-refractivity contribution in [2.75, 3.05) is 17.1 Å². The summed E-state index contributed by atoms with van der Waals surface area (Å²) in [4.78, 5) is 10.1. The van der Waals surface area contributed by atoms with Gasteiger partial charge in [-0.15, -0.1) is 0 Å². The van der Waals surface area contributed by atoms with Crippen LogP contribution in [0.15, 0.2) is 65.8 Å². The number of benzene rings is 1. The first-order valence-electron chi connectivity index (χ1n) is 11.6. The van der Waals surface area contributed by atoms with Crippen LogP contribution in [-0.4, -0.2) is 17.1 Å². The average Bonchev–Trinajstić information content (AvgIpc) is 2.85. The lowest BCUT2D eigenvalue weighted by Crippen LogP contribution is -2.11. The maximum absolute atomic E-state index is 5.51. The number of methoxy groups -OCH3 is 1. The smallest absolute Gasteiger partial charge is 0.142 e. The van der Waals surface area contributed by atoms with Crippen molar-refractivity contribution in [1.29, 1.82) is 0 Å². The van der Waals surface area contributed by atoms with E-state index in [2.05, 4.69) is 67.0 Å². The topological polar surface area (TPSA) is 59.1 Å². The number of anilines is 2. The summed E-state index contributed by atoms with van der Waals surface area (Å²) in [7, 11) is 1.66. The Morgan fingerprint density at radius 1 is 0.939 bits per heavy atom. The summed E-state index contributed by atoms with van der Waals surface area (Å²) in [6.07, 6.45) is 3.55. The third kappa shape index (κ3) is 8.97. The largest absolute Gasteiger partial charge is 0.495 e. The van der Waals surface area contributed by atoms with Gasteiger partial charge in [-0.25, -0.2) is 4.98 Å². The van der Waals surface area contributed by atoms with E-state index in [4.69, 9.17) is 9.72 Å². The molecule has 0 spiro atoms. The first-order chi connectivity index (χ1) is 15.9. The number of ether oxygens (including phenoxy) is 1. The van der Waals surface area contributed by atoms with E-state index < -0.39 is 0 Å². The van der Waals surface area contributed by atoms with Crippen LogP contribution in [0.1, 0.15) is 72.7 Å². The van der Waals surface area contributed by atoms with Crippen molar-refractivity contribution in [3.05, 3.63) is 72.2 Å². The molecule has 1 atom stereocenters. The van der Waals surface area contributed by atoms with E-state index in [1.165, 1.54) is 5.56 Å². The molecule has 0 fully saturated rings. The Bertz CT molecular complexity index is 925. The summed E-state index contributed by atoms with van der Waals surface area (Å²) in [6.45, 7) is 16.7. The third-order valence-corrected chi connectivity index (χ3v) is 5.37. The predicted octanol–water partition coefficient (Wildman–Crippen LogP) is 8.13. The van der Waals surface area contributed by atoms with Gasteiger partial charge in [0.15, 0.2) is 0 Å². The van der Waals surface area contributed by atoms with Crippen molar-refractivity contribution < 1.29 is 4.74 Å². The van der Waals surface area contributed by atoms with Gasteiger partial charge >= 0.3 is 0 Å². The number of aromatic nitrogens is 2. The Hall–Kier alpha value is -2.73. The van der Waals surface area contributed by atoms with Crippen LogP contribution in [0.4, 0.5) is 11.5 Å². The molecule has 2 N–H and O–H groups in total. The van der Waals surface area contributed by atoms with E-state index in [1.807, 2.05) is 52.0 Å². The molecule has 0 aliphatic heterocycles. The highest BCUT2D eigenvalue weighted by Gasteiger charge is 2.15. The van der Waals surface area contributed by atoms with Crippen LogP contribution in [0, 0.1) is 0 Å². The number of nitrogens with zero attached hydrogens (tertiary/aromatic N) is 2. The van der Waals surface area contributed by atoms with Crippen molar-refractivity contribution in [3.63, 3.8) is 0 Å². The number of pyridine rings is 2. The van der Waals surface area contributed by atoms with Gasteiger partial charge in [0.05, 0.1) is 18.8 Å². The molecule has 0 bridgehead atoms. The van der Waals surface area contributed by atoms with Crippen molar-refractivity contribution in [2.45, 2.75) is 71.7 Å². The predicted molar refractivity (Wildman–Crippen MR) is 144 cm³/mol. The van der Waals surface area contributed by atoms with Gasteiger partial charge in [-0.05, 0) is 66.2 Å². The van der Waals surface area contributed by atoms with E-state index in [0.717, 1.165) is 27.8 Å². The van der Waals surface area contributed by atoms with E-state index in [1.54, 1.807) is 31.5 Å². The Morgan fingerprint density at radius 2 is 1.61 bits per heavy atom. The lowest BCUT2D eigenvalue weighted by molar-refractivity contribution is 0.405. The van der Waals surface area contributed by atoms with Gasteiger partial charge in [0.25, 0.3) is 0 Å². The van der Waals surface area contributed by atoms with Crippen LogP contribution in [-0.2, 0) is 5.41 Å². The fraction of sp³-hybridized carbons (Fsp3) is 0.407. The second-order valence-corrected chi connectivity index (χ2v) is 8.75. The molecule has 1 aromatic carbocycles. The number of rotatable bonds is 7. The van der Waals surface area contributed by atoms with Gasteiger partial charge in [0.2, 0.25) is 0 Å². The van der Waals surface area contributed by atoms with E-state index >= 15 is 0 Å². The minimum absolute atomic E-state index is 0.0352. The fourth-order valence-corrected chi connectivity index (χ4v) is 3.51. The van der Waals surface area contributed by atoms with Gasteiger partial charge < -0.3 is 14.8 Å². The maximum atomic E-state index is 5.51. The van der Waals surface area contributed by atoms with Crippen molar-refractivity contribution in [3.8, 4) is 5.75 Å². The molecular weight excluding hydrogens is 428 g/mol. The number of hydrogen-bond acceptors (Lipinski definition) is 6. The molecule has 180 valence electrons. The number of nitrogens with one attached hydrogen (secondary N) is 2. The molecule has 33 heavy (non-hydrogen) atoms. The van der Waals surface area contributed by atoms with Crippen LogP contribution < -0.4 is 14.8 Å². The first kappa shape index (κ1) is 28.3. The molecule has 0 amide bonds. The highest BCUT2D eigenvalue weighted by atomic mass is 32.2. The molecule has 0 saturated heterocycles. The second-order valence-electron chi connectivity index (χ2n) is 7.87. The summed E-state index contributed by atoms with van der Waals surface area (Å²) in [6, 6.07) is 16.3. The number of hydrogen-bond donors (Lipinski definition) is 2. The molecule has 6 heteroatoms. The monoisotopic (exact) mass is 468 g/mol. The van der Waals surface area contributed by atoms with Crippen molar-refractivity contribution in [1.82, 2.24) is 9.97 Å². The van der Waals surface area contributed by atoms with Gasteiger partial charge in [0.1, 0.15) is 17.3 Å². The van der Waals surface area contributed by atoms with Gasteiger partial charge in [-0.1, -0.05) is 60.6 Å². The SMILES string of the molecule is CC.CC.COc1ccc(NSc2ccc(C(C)(C)C)cc2)nc1C(C)Nc1cccnc1. The normalized spacial score (nSPS) is 11.2. The van der Waals surface area contributed by atoms with Gasteiger partial charge in [-0.3, -0.25) is 4.98 Å². The molecular formula is C27H40N4OS. The summed E-state index contributed by atoms with van der Waals surface area (Å²) in [5.41, 5.74) is 3.25.